The Morgan fingerprint density at radius 3 is 2.24 bits per heavy atom. The number of ether oxygens (including phenoxy) is 1. The molecule has 1 N–H and O–H groups in total. The fourth-order valence-corrected chi connectivity index (χ4v) is 4.27. The number of rotatable bonds is 5. The standard InChI is InChI=1S/C25H23BrClN3O3/c1-33-21-9-2-17(3-10-21)25(32)30-14-12-29(13-15-30)20-7-5-19(6-8-20)28-24(31)22-16-18(26)4-11-23(22)27/h2-11,16H,12-15H2,1H3,(H,28,31). The van der Waals surface area contributed by atoms with Gasteiger partial charge in [-0.2, -0.15) is 0 Å². The van der Waals surface area contributed by atoms with Crippen molar-refractivity contribution < 1.29 is 14.3 Å². The lowest BCUT2D eigenvalue weighted by molar-refractivity contribution is 0.0746. The van der Waals surface area contributed by atoms with Gasteiger partial charge in [-0.15, -0.1) is 0 Å². The lowest BCUT2D eigenvalue weighted by atomic mass is 10.1. The summed E-state index contributed by atoms with van der Waals surface area (Å²) in [6.45, 7) is 2.76. The first-order valence-corrected chi connectivity index (χ1v) is 11.7. The van der Waals surface area contributed by atoms with Crippen LogP contribution in [0.1, 0.15) is 20.7 Å². The van der Waals surface area contributed by atoms with E-state index in [2.05, 4.69) is 26.1 Å². The van der Waals surface area contributed by atoms with Gasteiger partial charge in [-0.25, -0.2) is 0 Å². The largest absolute Gasteiger partial charge is 0.497 e. The van der Waals surface area contributed by atoms with Gasteiger partial charge in [0.05, 0.1) is 17.7 Å². The summed E-state index contributed by atoms with van der Waals surface area (Å²) in [7, 11) is 1.61. The third-order valence-corrected chi connectivity index (χ3v) is 6.39. The van der Waals surface area contributed by atoms with Crippen LogP contribution in [0.5, 0.6) is 5.75 Å². The van der Waals surface area contributed by atoms with E-state index in [1.54, 1.807) is 49.6 Å². The van der Waals surface area contributed by atoms with Gasteiger partial charge in [-0.05, 0) is 66.7 Å². The predicted octanol–water partition coefficient (Wildman–Crippen LogP) is 5.33. The molecule has 0 atom stereocenters. The van der Waals surface area contributed by atoms with Gasteiger partial charge < -0.3 is 19.9 Å². The molecule has 0 radical (unpaired) electrons. The van der Waals surface area contributed by atoms with Crippen molar-refractivity contribution in [3.05, 3.63) is 87.4 Å². The minimum absolute atomic E-state index is 0.0292. The molecule has 0 unspecified atom stereocenters. The molecule has 8 heteroatoms. The number of nitrogens with one attached hydrogen (secondary N) is 1. The van der Waals surface area contributed by atoms with E-state index in [9.17, 15) is 9.59 Å². The molecule has 1 heterocycles. The van der Waals surface area contributed by atoms with E-state index in [0.29, 0.717) is 34.9 Å². The Bertz CT molecular complexity index is 1140. The van der Waals surface area contributed by atoms with Crippen LogP contribution in [0.3, 0.4) is 0 Å². The van der Waals surface area contributed by atoms with Crippen LogP contribution in [-0.4, -0.2) is 50.0 Å². The van der Waals surface area contributed by atoms with E-state index >= 15 is 0 Å². The first-order chi connectivity index (χ1) is 15.9. The van der Waals surface area contributed by atoms with Crippen LogP contribution >= 0.6 is 27.5 Å². The van der Waals surface area contributed by atoms with Crippen molar-refractivity contribution in [2.45, 2.75) is 0 Å². The Hall–Kier alpha value is -3.03. The highest BCUT2D eigenvalue weighted by atomic mass is 79.9. The van der Waals surface area contributed by atoms with E-state index in [1.165, 1.54) is 0 Å². The molecule has 6 nitrogen and oxygen atoms in total. The number of methoxy groups -OCH3 is 1. The molecule has 0 aromatic heterocycles. The third kappa shape index (κ3) is 5.49. The molecule has 0 saturated carbocycles. The van der Waals surface area contributed by atoms with Crippen LogP contribution in [0, 0.1) is 0 Å². The van der Waals surface area contributed by atoms with Crippen LogP contribution in [0.15, 0.2) is 71.2 Å². The van der Waals surface area contributed by atoms with Crippen LogP contribution in [0.4, 0.5) is 11.4 Å². The van der Waals surface area contributed by atoms with Gasteiger partial charge in [0.15, 0.2) is 0 Å². The maximum Gasteiger partial charge on any atom is 0.257 e. The van der Waals surface area contributed by atoms with Crippen LogP contribution in [-0.2, 0) is 0 Å². The van der Waals surface area contributed by atoms with Gasteiger partial charge in [0, 0.05) is 47.6 Å². The number of amides is 2. The fourth-order valence-electron chi connectivity index (χ4n) is 3.71. The Balaban J connectivity index is 1.34. The molecular formula is C25H23BrClN3O3. The Morgan fingerprint density at radius 1 is 0.939 bits per heavy atom. The molecule has 0 aliphatic carbocycles. The predicted molar refractivity (Wildman–Crippen MR) is 135 cm³/mol. The summed E-state index contributed by atoms with van der Waals surface area (Å²) in [6, 6.07) is 20.0. The van der Waals surface area contributed by atoms with Crippen LogP contribution in [0.2, 0.25) is 5.02 Å². The highest BCUT2D eigenvalue weighted by Gasteiger charge is 2.22. The van der Waals surface area contributed by atoms with Gasteiger partial charge in [0.1, 0.15) is 5.75 Å². The molecule has 0 bridgehead atoms. The normalized spacial score (nSPS) is 13.5. The molecule has 3 aromatic rings. The van der Waals surface area contributed by atoms with Gasteiger partial charge in [-0.1, -0.05) is 27.5 Å². The minimum Gasteiger partial charge on any atom is -0.497 e. The van der Waals surface area contributed by atoms with E-state index in [4.69, 9.17) is 16.3 Å². The molecule has 3 aromatic carbocycles. The monoisotopic (exact) mass is 527 g/mol. The highest BCUT2D eigenvalue weighted by Crippen LogP contribution is 2.24. The first kappa shape index (κ1) is 23.1. The number of carbonyl (C=O) groups excluding carboxylic acids is 2. The van der Waals surface area contributed by atoms with Crippen molar-refractivity contribution in [1.82, 2.24) is 4.90 Å². The number of piperazine rings is 1. The molecular weight excluding hydrogens is 506 g/mol. The lowest BCUT2D eigenvalue weighted by Crippen LogP contribution is -2.48. The Morgan fingerprint density at radius 2 is 1.61 bits per heavy atom. The second kappa shape index (κ2) is 10.3. The van der Waals surface area contributed by atoms with Crippen molar-refractivity contribution in [2.24, 2.45) is 0 Å². The zero-order valence-electron chi connectivity index (χ0n) is 18.1. The molecule has 1 fully saturated rings. The SMILES string of the molecule is COc1ccc(C(=O)N2CCN(c3ccc(NC(=O)c4cc(Br)ccc4Cl)cc3)CC2)cc1. The van der Waals surface area contributed by atoms with Gasteiger partial charge in [0.2, 0.25) is 0 Å². The lowest BCUT2D eigenvalue weighted by Gasteiger charge is -2.36. The van der Waals surface area contributed by atoms with Crippen LogP contribution in [0.25, 0.3) is 0 Å². The number of benzene rings is 3. The molecule has 1 aliphatic rings. The number of halogens is 2. The number of nitrogens with zero attached hydrogens (tertiary/aromatic N) is 2. The summed E-state index contributed by atoms with van der Waals surface area (Å²) in [5.41, 5.74) is 2.81. The highest BCUT2D eigenvalue weighted by molar-refractivity contribution is 9.10. The summed E-state index contributed by atoms with van der Waals surface area (Å²) in [4.78, 5) is 29.4. The average molecular weight is 529 g/mol. The summed E-state index contributed by atoms with van der Waals surface area (Å²) in [5.74, 6) is 0.497. The number of hydrogen-bond donors (Lipinski definition) is 1. The summed E-state index contributed by atoms with van der Waals surface area (Å²) >= 11 is 9.51. The molecule has 0 spiro atoms. The average Bonchev–Trinajstić information content (AvgIpc) is 2.85. The van der Waals surface area contributed by atoms with Gasteiger partial charge in [-0.3, -0.25) is 9.59 Å². The summed E-state index contributed by atoms with van der Waals surface area (Å²) < 4.78 is 5.95. The van der Waals surface area contributed by atoms with E-state index in [-0.39, 0.29) is 11.8 Å². The Labute approximate surface area is 206 Å². The molecule has 33 heavy (non-hydrogen) atoms. The second-order valence-corrected chi connectivity index (χ2v) is 8.96. The van der Waals surface area contributed by atoms with Gasteiger partial charge in [0.25, 0.3) is 11.8 Å². The fraction of sp³-hybridized carbons (Fsp3) is 0.200. The Kier molecular flexibility index (Phi) is 7.20. The van der Waals surface area contributed by atoms with Crippen molar-refractivity contribution in [1.29, 1.82) is 0 Å². The number of anilines is 2. The molecule has 2 amide bonds. The van der Waals surface area contributed by atoms with E-state index in [0.717, 1.165) is 29.0 Å². The molecule has 4 rings (SSSR count). The summed E-state index contributed by atoms with van der Waals surface area (Å²) in [6.07, 6.45) is 0. The van der Waals surface area contributed by atoms with Gasteiger partial charge >= 0.3 is 0 Å². The summed E-state index contributed by atoms with van der Waals surface area (Å²) in [5, 5.41) is 3.28. The molecule has 1 saturated heterocycles. The van der Waals surface area contributed by atoms with Crippen molar-refractivity contribution in [2.75, 3.05) is 43.5 Å². The first-order valence-electron chi connectivity index (χ1n) is 10.5. The van der Waals surface area contributed by atoms with E-state index in [1.807, 2.05) is 29.2 Å². The zero-order chi connectivity index (χ0) is 23.4. The minimum atomic E-state index is -0.264. The maximum absolute atomic E-state index is 12.8. The zero-order valence-corrected chi connectivity index (χ0v) is 20.4. The van der Waals surface area contributed by atoms with E-state index < -0.39 is 0 Å². The van der Waals surface area contributed by atoms with Crippen LogP contribution < -0.4 is 15.0 Å². The smallest absolute Gasteiger partial charge is 0.257 e. The maximum atomic E-state index is 12.8. The van der Waals surface area contributed by atoms with Crippen molar-refractivity contribution in [3.63, 3.8) is 0 Å². The topological polar surface area (TPSA) is 61.9 Å². The third-order valence-electron chi connectivity index (χ3n) is 5.57. The van der Waals surface area contributed by atoms with Crippen molar-refractivity contribution >= 4 is 50.7 Å². The molecule has 170 valence electrons. The molecule has 1 aliphatic heterocycles. The number of carbonyl (C=O) groups is 2. The quantitative estimate of drug-likeness (QED) is 0.487. The second-order valence-electron chi connectivity index (χ2n) is 7.63. The van der Waals surface area contributed by atoms with Crippen molar-refractivity contribution in [3.8, 4) is 5.75 Å². The number of hydrogen-bond acceptors (Lipinski definition) is 4.